The van der Waals surface area contributed by atoms with Crippen LogP contribution in [0.3, 0.4) is 0 Å². The Morgan fingerprint density at radius 1 is 1.04 bits per heavy atom. The quantitative estimate of drug-likeness (QED) is 0.843. The summed E-state index contributed by atoms with van der Waals surface area (Å²) in [6, 6.07) is 10.9. The Morgan fingerprint density at radius 3 is 2.50 bits per heavy atom. The number of fused-ring (bicyclic) bond motifs is 1. The molecule has 0 saturated heterocycles. The van der Waals surface area contributed by atoms with Crippen molar-refractivity contribution in [2.24, 2.45) is 0 Å². The van der Waals surface area contributed by atoms with Gasteiger partial charge in [0.15, 0.2) is 5.78 Å². The van der Waals surface area contributed by atoms with Crippen molar-refractivity contribution in [3.63, 3.8) is 0 Å². The average Bonchev–Trinajstić information content (AvgIpc) is 2.90. The van der Waals surface area contributed by atoms with Crippen LogP contribution < -0.4 is 10.2 Å². The lowest BCUT2D eigenvalue weighted by atomic mass is 10.0. The zero-order valence-corrected chi connectivity index (χ0v) is 15.3. The van der Waals surface area contributed by atoms with E-state index in [-0.39, 0.29) is 30.6 Å². The highest BCUT2D eigenvalue weighted by Crippen LogP contribution is 2.28. The Balaban J connectivity index is 1.58. The minimum atomic E-state index is -0.179. The first-order valence-electron chi connectivity index (χ1n) is 8.65. The topological polar surface area (TPSA) is 66.5 Å². The number of benzene rings is 2. The number of likely N-dealkylation sites (N-methyl/N-ethyl adjacent to an activating group) is 1. The van der Waals surface area contributed by atoms with Crippen LogP contribution in [0.2, 0.25) is 0 Å². The zero-order chi connectivity index (χ0) is 18.8. The fraction of sp³-hybridized carbons (Fsp3) is 0.286. The third kappa shape index (κ3) is 3.52. The van der Waals surface area contributed by atoms with Crippen molar-refractivity contribution in [2.75, 3.05) is 18.5 Å². The fourth-order valence-electron chi connectivity index (χ4n) is 3.06. The van der Waals surface area contributed by atoms with Crippen molar-refractivity contribution in [3.8, 4) is 0 Å². The zero-order valence-electron chi connectivity index (χ0n) is 15.3. The summed E-state index contributed by atoms with van der Waals surface area (Å²) in [6.45, 7) is 4.24. The normalized spacial score (nSPS) is 12.9. The first kappa shape index (κ1) is 17.9. The maximum Gasteiger partial charge on any atom is 0.251 e. The number of hydrogen-bond acceptors (Lipinski definition) is 3. The van der Waals surface area contributed by atoms with Crippen molar-refractivity contribution in [2.45, 2.75) is 26.7 Å². The maximum atomic E-state index is 12.4. The highest BCUT2D eigenvalue weighted by Gasteiger charge is 2.24. The van der Waals surface area contributed by atoms with Crippen molar-refractivity contribution < 1.29 is 14.4 Å². The summed E-state index contributed by atoms with van der Waals surface area (Å²) in [5.41, 5.74) is 5.10. The Hall–Kier alpha value is -2.95. The average molecular weight is 350 g/mol. The van der Waals surface area contributed by atoms with Crippen LogP contribution in [0.4, 0.5) is 5.69 Å². The van der Waals surface area contributed by atoms with Crippen LogP contribution in [0.15, 0.2) is 36.4 Å². The minimum absolute atomic E-state index is 0.0326. The molecule has 0 aliphatic carbocycles. The van der Waals surface area contributed by atoms with Crippen LogP contribution in [0.1, 0.15) is 43.8 Å². The Kier molecular flexibility index (Phi) is 4.89. The number of aryl methyl sites for hydroxylation is 2. The van der Waals surface area contributed by atoms with Crippen molar-refractivity contribution in [1.82, 2.24) is 5.32 Å². The molecule has 5 nitrogen and oxygen atoms in total. The fourth-order valence-corrected chi connectivity index (χ4v) is 3.06. The van der Waals surface area contributed by atoms with E-state index in [1.54, 1.807) is 36.2 Å². The van der Waals surface area contributed by atoms with Crippen LogP contribution in [0, 0.1) is 13.8 Å². The third-order valence-corrected chi connectivity index (χ3v) is 4.89. The second-order valence-corrected chi connectivity index (χ2v) is 6.70. The lowest BCUT2D eigenvalue weighted by molar-refractivity contribution is -0.117. The first-order chi connectivity index (χ1) is 12.4. The number of carbonyl (C=O) groups excluding carboxylic acids is 3. The van der Waals surface area contributed by atoms with Gasteiger partial charge in [-0.2, -0.15) is 0 Å². The van der Waals surface area contributed by atoms with Gasteiger partial charge in [-0.3, -0.25) is 14.4 Å². The molecule has 2 aromatic rings. The molecular weight excluding hydrogens is 328 g/mol. The maximum absolute atomic E-state index is 12.4. The van der Waals surface area contributed by atoms with E-state index in [1.165, 1.54) is 0 Å². The Labute approximate surface area is 153 Å². The van der Waals surface area contributed by atoms with E-state index in [4.69, 9.17) is 0 Å². The van der Waals surface area contributed by atoms with Gasteiger partial charge in [0.25, 0.3) is 5.91 Å². The smallest absolute Gasteiger partial charge is 0.251 e. The van der Waals surface area contributed by atoms with Gasteiger partial charge in [-0.1, -0.05) is 6.07 Å². The van der Waals surface area contributed by atoms with Crippen LogP contribution in [-0.4, -0.2) is 31.2 Å². The monoisotopic (exact) mass is 350 g/mol. The van der Waals surface area contributed by atoms with E-state index < -0.39 is 0 Å². The van der Waals surface area contributed by atoms with Crippen LogP contribution in [0.5, 0.6) is 0 Å². The summed E-state index contributed by atoms with van der Waals surface area (Å²) in [7, 11) is 1.73. The summed E-state index contributed by atoms with van der Waals surface area (Å²) >= 11 is 0. The largest absolute Gasteiger partial charge is 0.352 e. The molecule has 0 unspecified atom stereocenters. The van der Waals surface area contributed by atoms with E-state index in [2.05, 4.69) is 5.32 Å². The Morgan fingerprint density at radius 2 is 1.77 bits per heavy atom. The molecule has 1 heterocycles. The van der Waals surface area contributed by atoms with E-state index in [0.717, 1.165) is 22.4 Å². The number of amides is 2. The van der Waals surface area contributed by atoms with Gasteiger partial charge in [-0.25, -0.2) is 0 Å². The highest BCUT2D eigenvalue weighted by molar-refractivity contribution is 6.03. The molecular formula is C21H22N2O3. The molecule has 0 spiro atoms. The first-order valence-corrected chi connectivity index (χ1v) is 8.65. The molecule has 0 fully saturated rings. The highest BCUT2D eigenvalue weighted by atomic mass is 16.2. The van der Waals surface area contributed by atoms with Gasteiger partial charge in [0, 0.05) is 36.8 Å². The Bertz CT molecular complexity index is 902. The molecule has 26 heavy (non-hydrogen) atoms. The van der Waals surface area contributed by atoms with Gasteiger partial charge in [0.2, 0.25) is 5.91 Å². The minimum Gasteiger partial charge on any atom is -0.352 e. The number of nitrogens with one attached hydrogen (secondary N) is 1. The van der Waals surface area contributed by atoms with Crippen LogP contribution >= 0.6 is 0 Å². The summed E-state index contributed by atoms with van der Waals surface area (Å²) in [6.07, 6.45) is 0.551. The van der Waals surface area contributed by atoms with E-state index >= 15 is 0 Å². The van der Waals surface area contributed by atoms with E-state index in [9.17, 15) is 14.4 Å². The van der Waals surface area contributed by atoms with Crippen LogP contribution in [-0.2, 0) is 11.2 Å². The molecule has 3 rings (SSSR count). The number of hydrogen-bond donors (Lipinski definition) is 1. The molecule has 1 N–H and O–H groups in total. The number of ketones is 1. The molecule has 5 heteroatoms. The molecule has 0 atom stereocenters. The van der Waals surface area contributed by atoms with Gasteiger partial charge < -0.3 is 10.2 Å². The second-order valence-electron chi connectivity index (χ2n) is 6.70. The van der Waals surface area contributed by atoms with Gasteiger partial charge in [0.1, 0.15) is 0 Å². The summed E-state index contributed by atoms with van der Waals surface area (Å²) in [4.78, 5) is 37.9. The number of rotatable bonds is 5. The van der Waals surface area contributed by atoms with Gasteiger partial charge in [-0.05, 0) is 60.9 Å². The standard InChI is InChI=1S/C21H22N2O3/c1-13-4-5-16(10-14(13)2)21(26)22-9-8-19(24)15-6-7-18-17(11-15)12-20(25)23(18)3/h4-7,10-11H,8-9,12H2,1-3H3,(H,22,26). The summed E-state index contributed by atoms with van der Waals surface area (Å²) < 4.78 is 0. The van der Waals surface area contributed by atoms with Crippen molar-refractivity contribution >= 4 is 23.3 Å². The number of anilines is 1. The van der Waals surface area contributed by atoms with Gasteiger partial charge in [-0.15, -0.1) is 0 Å². The molecule has 134 valence electrons. The second kappa shape index (κ2) is 7.12. The third-order valence-electron chi connectivity index (χ3n) is 4.89. The van der Waals surface area contributed by atoms with Gasteiger partial charge in [0.05, 0.1) is 6.42 Å². The van der Waals surface area contributed by atoms with Crippen molar-refractivity contribution in [1.29, 1.82) is 0 Å². The molecule has 0 radical (unpaired) electrons. The van der Waals surface area contributed by atoms with Crippen molar-refractivity contribution in [3.05, 3.63) is 64.2 Å². The predicted octanol–water partition coefficient (Wildman–Crippen LogP) is 2.83. The number of Topliss-reactive ketones (excluding diaryl/α,β-unsaturated/α-hetero) is 1. The SMILES string of the molecule is Cc1ccc(C(=O)NCCC(=O)c2ccc3c(c2)CC(=O)N3C)cc1C. The molecule has 2 aromatic carbocycles. The predicted molar refractivity (Wildman–Crippen MR) is 101 cm³/mol. The molecule has 0 bridgehead atoms. The lowest BCUT2D eigenvalue weighted by Gasteiger charge is -2.10. The van der Waals surface area contributed by atoms with E-state index in [0.29, 0.717) is 17.5 Å². The summed E-state index contributed by atoms with van der Waals surface area (Å²) in [5, 5.41) is 2.79. The van der Waals surface area contributed by atoms with Gasteiger partial charge >= 0.3 is 0 Å². The number of carbonyl (C=O) groups is 3. The van der Waals surface area contributed by atoms with E-state index in [1.807, 2.05) is 26.0 Å². The van der Waals surface area contributed by atoms with Crippen LogP contribution in [0.25, 0.3) is 0 Å². The molecule has 1 aliphatic heterocycles. The molecule has 0 saturated carbocycles. The molecule has 2 amide bonds. The lowest BCUT2D eigenvalue weighted by Crippen LogP contribution is -2.26. The summed E-state index contributed by atoms with van der Waals surface area (Å²) in [5.74, 6) is -0.192. The number of nitrogens with zero attached hydrogens (tertiary/aromatic N) is 1. The molecule has 0 aromatic heterocycles. The molecule has 1 aliphatic rings.